The molecule has 4 heteroatoms. The first kappa shape index (κ1) is 14.9. The number of hydrogen-bond acceptors (Lipinski definition) is 3. The van der Waals surface area contributed by atoms with Crippen molar-refractivity contribution >= 4 is 9.84 Å². The molecule has 0 aromatic heterocycles. The smallest absolute Gasteiger partial charge is 0.154 e. The van der Waals surface area contributed by atoms with Crippen LogP contribution in [0.5, 0.6) is 0 Å². The highest BCUT2D eigenvalue weighted by Gasteiger charge is 2.37. The Bertz CT molecular complexity index is 284. The summed E-state index contributed by atoms with van der Waals surface area (Å²) in [7, 11) is -3.01. The minimum atomic E-state index is -3.01. The van der Waals surface area contributed by atoms with E-state index in [-0.39, 0.29) is 5.54 Å². The Balaban J connectivity index is 4.84. The summed E-state index contributed by atoms with van der Waals surface area (Å²) in [6, 6.07) is 0. The fraction of sp³-hybridized carbons (Fsp3) is 1.00. The number of rotatable bonds is 5. The average molecular weight is 235 g/mol. The second-order valence-electron chi connectivity index (χ2n) is 5.27. The molecule has 0 fully saturated rings. The van der Waals surface area contributed by atoms with Gasteiger partial charge in [0.05, 0.1) is 4.75 Å². The standard InChI is InChI=1S/C11H25NO2S/c1-7-11(8-2,15(6,13)14)9-12-10(3,4)5/h12H,7-9H2,1-6H3. The van der Waals surface area contributed by atoms with Crippen LogP contribution in [-0.4, -0.2) is 31.5 Å². The van der Waals surface area contributed by atoms with E-state index in [1.165, 1.54) is 6.26 Å². The summed E-state index contributed by atoms with van der Waals surface area (Å²) in [5, 5.41) is 3.29. The van der Waals surface area contributed by atoms with Crippen molar-refractivity contribution < 1.29 is 8.42 Å². The normalized spacial score (nSPS) is 14.3. The van der Waals surface area contributed by atoms with Gasteiger partial charge in [-0.1, -0.05) is 13.8 Å². The molecule has 0 radical (unpaired) electrons. The highest BCUT2D eigenvalue weighted by molar-refractivity contribution is 7.92. The molecule has 0 aliphatic carbocycles. The first-order valence-electron chi connectivity index (χ1n) is 5.52. The van der Waals surface area contributed by atoms with Gasteiger partial charge in [-0.3, -0.25) is 0 Å². The molecule has 0 unspecified atom stereocenters. The van der Waals surface area contributed by atoms with Crippen LogP contribution in [0.3, 0.4) is 0 Å². The van der Waals surface area contributed by atoms with Crippen molar-refractivity contribution in [1.29, 1.82) is 0 Å². The van der Waals surface area contributed by atoms with E-state index in [0.717, 1.165) is 0 Å². The zero-order valence-electron chi connectivity index (χ0n) is 10.8. The summed E-state index contributed by atoms with van der Waals surface area (Å²) in [5.74, 6) is 0. The molecular formula is C11H25NO2S. The number of hydrogen-bond donors (Lipinski definition) is 1. The van der Waals surface area contributed by atoms with Crippen LogP contribution in [0.1, 0.15) is 47.5 Å². The van der Waals surface area contributed by atoms with E-state index < -0.39 is 14.6 Å². The summed E-state index contributed by atoms with van der Waals surface area (Å²) in [4.78, 5) is 0. The van der Waals surface area contributed by atoms with E-state index in [1.54, 1.807) is 0 Å². The Morgan fingerprint density at radius 2 is 1.47 bits per heavy atom. The maximum atomic E-state index is 11.8. The van der Waals surface area contributed by atoms with Crippen LogP contribution in [0.2, 0.25) is 0 Å². The molecule has 0 aliphatic rings. The zero-order valence-corrected chi connectivity index (χ0v) is 11.7. The van der Waals surface area contributed by atoms with Crippen LogP contribution in [0, 0.1) is 0 Å². The largest absolute Gasteiger partial charge is 0.310 e. The maximum Gasteiger partial charge on any atom is 0.154 e. The fourth-order valence-electron chi connectivity index (χ4n) is 1.58. The molecule has 0 bridgehead atoms. The summed E-state index contributed by atoms with van der Waals surface area (Å²) >= 11 is 0. The number of nitrogens with one attached hydrogen (secondary N) is 1. The quantitative estimate of drug-likeness (QED) is 0.792. The third-order valence-corrected chi connectivity index (χ3v) is 5.31. The minimum Gasteiger partial charge on any atom is -0.310 e. The van der Waals surface area contributed by atoms with Gasteiger partial charge in [-0.05, 0) is 33.6 Å². The van der Waals surface area contributed by atoms with E-state index in [2.05, 4.69) is 5.32 Å². The van der Waals surface area contributed by atoms with Gasteiger partial charge in [-0.15, -0.1) is 0 Å². The third kappa shape index (κ3) is 4.11. The van der Waals surface area contributed by atoms with Crippen LogP contribution >= 0.6 is 0 Å². The van der Waals surface area contributed by atoms with Crippen molar-refractivity contribution in [2.45, 2.75) is 57.7 Å². The van der Waals surface area contributed by atoms with Crippen LogP contribution in [0.25, 0.3) is 0 Å². The monoisotopic (exact) mass is 235 g/mol. The molecule has 0 aromatic carbocycles. The molecule has 0 aliphatic heterocycles. The fourth-order valence-corrected chi connectivity index (χ4v) is 2.96. The van der Waals surface area contributed by atoms with Gasteiger partial charge in [0.2, 0.25) is 0 Å². The van der Waals surface area contributed by atoms with Crippen LogP contribution < -0.4 is 5.32 Å². The Morgan fingerprint density at radius 3 is 1.67 bits per heavy atom. The molecule has 0 atom stereocenters. The lowest BCUT2D eigenvalue weighted by molar-refractivity contribution is 0.368. The summed E-state index contributed by atoms with van der Waals surface area (Å²) in [6.45, 7) is 10.5. The molecule has 0 aromatic rings. The molecule has 1 N–H and O–H groups in total. The van der Waals surface area contributed by atoms with Crippen molar-refractivity contribution in [2.75, 3.05) is 12.8 Å². The van der Waals surface area contributed by atoms with Crippen molar-refractivity contribution in [1.82, 2.24) is 5.32 Å². The van der Waals surface area contributed by atoms with Gasteiger partial charge in [0, 0.05) is 18.3 Å². The van der Waals surface area contributed by atoms with E-state index in [1.807, 2.05) is 34.6 Å². The summed E-state index contributed by atoms with van der Waals surface area (Å²) < 4.78 is 23.0. The molecule has 92 valence electrons. The molecule has 0 rings (SSSR count). The second-order valence-corrected chi connectivity index (χ2v) is 7.68. The summed E-state index contributed by atoms with van der Waals surface area (Å²) in [5.41, 5.74) is -0.0414. The van der Waals surface area contributed by atoms with E-state index in [0.29, 0.717) is 19.4 Å². The van der Waals surface area contributed by atoms with Gasteiger partial charge < -0.3 is 5.32 Å². The Hall–Kier alpha value is -0.0900. The van der Waals surface area contributed by atoms with Crippen LogP contribution in [0.4, 0.5) is 0 Å². The Morgan fingerprint density at radius 1 is 1.07 bits per heavy atom. The molecule has 0 saturated carbocycles. The lowest BCUT2D eigenvalue weighted by Gasteiger charge is -2.33. The van der Waals surface area contributed by atoms with Gasteiger partial charge in [0.1, 0.15) is 0 Å². The highest BCUT2D eigenvalue weighted by Crippen LogP contribution is 2.25. The van der Waals surface area contributed by atoms with E-state index >= 15 is 0 Å². The van der Waals surface area contributed by atoms with Gasteiger partial charge >= 0.3 is 0 Å². The van der Waals surface area contributed by atoms with Crippen LogP contribution in [-0.2, 0) is 9.84 Å². The van der Waals surface area contributed by atoms with Crippen molar-refractivity contribution in [3.8, 4) is 0 Å². The topological polar surface area (TPSA) is 46.2 Å². The van der Waals surface area contributed by atoms with Gasteiger partial charge in [0.25, 0.3) is 0 Å². The minimum absolute atomic E-state index is 0.0414. The van der Waals surface area contributed by atoms with Crippen LogP contribution in [0.15, 0.2) is 0 Å². The van der Waals surface area contributed by atoms with Crippen molar-refractivity contribution in [3.05, 3.63) is 0 Å². The van der Waals surface area contributed by atoms with Gasteiger partial charge in [-0.25, -0.2) is 8.42 Å². The molecule has 15 heavy (non-hydrogen) atoms. The van der Waals surface area contributed by atoms with E-state index in [4.69, 9.17) is 0 Å². The van der Waals surface area contributed by atoms with Gasteiger partial charge in [-0.2, -0.15) is 0 Å². The molecule has 0 spiro atoms. The zero-order chi connectivity index (χ0) is 12.3. The van der Waals surface area contributed by atoms with Gasteiger partial charge in [0.15, 0.2) is 9.84 Å². The predicted octanol–water partition coefficient (Wildman–Crippen LogP) is 1.98. The second kappa shape index (κ2) is 4.83. The molecule has 3 nitrogen and oxygen atoms in total. The van der Waals surface area contributed by atoms with Crippen molar-refractivity contribution in [2.24, 2.45) is 0 Å². The van der Waals surface area contributed by atoms with E-state index in [9.17, 15) is 8.42 Å². The predicted molar refractivity (Wildman–Crippen MR) is 65.9 cm³/mol. The lowest BCUT2D eigenvalue weighted by Crippen LogP contribution is -2.51. The SMILES string of the molecule is CCC(CC)(CNC(C)(C)C)S(C)(=O)=O. The Kier molecular flexibility index (Phi) is 4.80. The first-order chi connectivity index (χ1) is 6.58. The molecule has 0 saturated heterocycles. The molecule has 0 heterocycles. The maximum absolute atomic E-state index is 11.8. The van der Waals surface area contributed by atoms with Crippen molar-refractivity contribution in [3.63, 3.8) is 0 Å². The third-order valence-electron chi connectivity index (χ3n) is 3.02. The lowest BCUT2D eigenvalue weighted by atomic mass is 10.00. The highest BCUT2D eigenvalue weighted by atomic mass is 32.2. The Labute approximate surface area is 94.6 Å². The first-order valence-corrected chi connectivity index (χ1v) is 7.42. The number of sulfone groups is 1. The molecule has 0 amide bonds. The summed E-state index contributed by atoms with van der Waals surface area (Å²) in [6.07, 6.45) is 2.65. The average Bonchev–Trinajstić information content (AvgIpc) is 2.02. The molecular weight excluding hydrogens is 210 g/mol.